The van der Waals surface area contributed by atoms with Crippen LogP contribution in [0.4, 0.5) is 0 Å². The molecule has 1 aliphatic rings. The Morgan fingerprint density at radius 3 is 3.10 bits per heavy atom. The Morgan fingerprint density at radius 1 is 1.38 bits per heavy atom. The highest BCUT2D eigenvalue weighted by Gasteiger charge is 2.21. The van der Waals surface area contributed by atoms with E-state index in [1.807, 2.05) is 24.3 Å². The highest BCUT2D eigenvalue weighted by molar-refractivity contribution is 5.86. The second kappa shape index (κ2) is 6.26. The summed E-state index contributed by atoms with van der Waals surface area (Å²) in [5.74, 6) is 0.334. The van der Waals surface area contributed by atoms with E-state index in [0.717, 1.165) is 31.1 Å². The van der Waals surface area contributed by atoms with E-state index in [2.05, 4.69) is 10.5 Å². The van der Waals surface area contributed by atoms with Crippen LogP contribution in [0.1, 0.15) is 31.4 Å². The van der Waals surface area contributed by atoms with Crippen molar-refractivity contribution < 1.29 is 14.4 Å². The van der Waals surface area contributed by atoms with Crippen molar-refractivity contribution in [3.8, 4) is 0 Å². The van der Waals surface area contributed by atoms with Gasteiger partial charge in [0.2, 0.25) is 5.91 Å². The van der Waals surface area contributed by atoms with Gasteiger partial charge in [0, 0.05) is 11.9 Å². The van der Waals surface area contributed by atoms with Crippen LogP contribution in [-0.2, 0) is 11.2 Å². The van der Waals surface area contributed by atoms with E-state index in [0.29, 0.717) is 23.7 Å². The molecule has 5 heteroatoms. The number of para-hydroxylation sites is 1. The van der Waals surface area contributed by atoms with Gasteiger partial charge in [-0.05, 0) is 37.3 Å². The first-order valence-corrected chi connectivity index (χ1v) is 7.50. The van der Waals surface area contributed by atoms with Crippen LogP contribution in [0.5, 0.6) is 0 Å². The Balaban J connectivity index is 1.54. The van der Waals surface area contributed by atoms with Crippen molar-refractivity contribution in [3.05, 3.63) is 30.0 Å². The molecule has 112 valence electrons. The highest BCUT2D eigenvalue weighted by Crippen LogP contribution is 2.23. The smallest absolute Gasteiger partial charge is 0.226 e. The average Bonchev–Trinajstić information content (AvgIpc) is 2.89. The van der Waals surface area contributed by atoms with Crippen LogP contribution in [0.25, 0.3) is 11.0 Å². The molecule has 1 aliphatic carbocycles. The van der Waals surface area contributed by atoms with Gasteiger partial charge < -0.3 is 14.9 Å². The molecule has 21 heavy (non-hydrogen) atoms. The number of aliphatic hydroxyl groups excluding tert-OH is 1. The Morgan fingerprint density at radius 2 is 2.24 bits per heavy atom. The van der Waals surface area contributed by atoms with Gasteiger partial charge in [0.05, 0.1) is 12.5 Å². The first-order valence-electron chi connectivity index (χ1n) is 7.50. The maximum atomic E-state index is 12.0. The van der Waals surface area contributed by atoms with Crippen LogP contribution in [0, 0.1) is 5.92 Å². The monoisotopic (exact) mass is 288 g/mol. The molecule has 0 aliphatic heterocycles. The van der Waals surface area contributed by atoms with E-state index in [1.54, 1.807) is 0 Å². The van der Waals surface area contributed by atoms with E-state index in [9.17, 15) is 9.90 Å². The molecule has 0 saturated heterocycles. The summed E-state index contributed by atoms with van der Waals surface area (Å²) in [6, 6.07) is 7.54. The number of hydrogen-bond acceptors (Lipinski definition) is 4. The molecular formula is C16H20N2O3. The maximum Gasteiger partial charge on any atom is 0.226 e. The summed E-state index contributed by atoms with van der Waals surface area (Å²) in [6.45, 7) is 0.631. The van der Waals surface area contributed by atoms with Gasteiger partial charge in [0.1, 0.15) is 5.69 Å². The third kappa shape index (κ3) is 3.42. The highest BCUT2D eigenvalue weighted by atomic mass is 16.5. The summed E-state index contributed by atoms with van der Waals surface area (Å²) in [5, 5.41) is 17.4. The van der Waals surface area contributed by atoms with Crippen LogP contribution >= 0.6 is 0 Å². The van der Waals surface area contributed by atoms with Gasteiger partial charge in [-0.2, -0.15) is 0 Å². The minimum Gasteiger partial charge on any atom is -0.393 e. The first kappa shape index (κ1) is 14.1. The lowest BCUT2D eigenvalue weighted by Gasteiger charge is -2.25. The number of amides is 1. The molecule has 0 spiro atoms. The fraction of sp³-hybridized carbons (Fsp3) is 0.500. The molecule has 1 saturated carbocycles. The SMILES string of the molecule is O=C(Cc1noc2ccccc12)NCC1CCCC(O)C1. The zero-order valence-corrected chi connectivity index (χ0v) is 11.9. The zero-order valence-electron chi connectivity index (χ0n) is 11.9. The average molecular weight is 288 g/mol. The molecule has 1 amide bonds. The third-order valence-electron chi connectivity index (χ3n) is 4.12. The van der Waals surface area contributed by atoms with E-state index < -0.39 is 0 Å². The lowest BCUT2D eigenvalue weighted by molar-refractivity contribution is -0.120. The number of benzene rings is 1. The van der Waals surface area contributed by atoms with Crippen molar-refractivity contribution in [2.24, 2.45) is 5.92 Å². The van der Waals surface area contributed by atoms with Crippen LogP contribution in [0.2, 0.25) is 0 Å². The van der Waals surface area contributed by atoms with Crippen molar-refractivity contribution in [2.45, 2.75) is 38.2 Å². The van der Waals surface area contributed by atoms with Gasteiger partial charge in [-0.25, -0.2) is 0 Å². The van der Waals surface area contributed by atoms with Gasteiger partial charge in [-0.15, -0.1) is 0 Å². The van der Waals surface area contributed by atoms with Crippen LogP contribution in [0.15, 0.2) is 28.8 Å². The Hall–Kier alpha value is -1.88. The van der Waals surface area contributed by atoms with Crippen molar-refractivity contribution in [1.82, 2.24) is 10.5 Å². The first-order chi connectivity index (χ1) is 10.2. The molecule has 1 aromatic heterocycles. The summed E-state index contributed by atoms with van der Waals surface area (Å²) < 4.78 is 5.20. The summed E-state index contributed by atoms with van der Waals surface area (Å²) in [4.78, 5) is 12.0. The molecule has 1 fully saturated rings. The predicted octanol–water partition coefficient (Wildman–Crippen LogP) is 2.04. The Labute approximate surface area is 123 Å². The van der Waals surface area contributed by atoms with Crippen molar-refractivity contribution >= 4 is 16.9 Å². The minimum atomic E-state index is -0.208. The van der Waals surface area contributed by atoms with Crippen molar-refractivity contribution in [2.75, 3.05) is 6.54 Å². The van der Waals surface area contributed by atoms with Gasteiger partial charge in [0.25, 0.3) is 0 Å². The standard InChI is InChI=1S/C16H20N2O3/c19-12-5-3-4-11(8-12)10-17-16(20)9-14-13-6-1-2-7-15(13)21-18-14/h1-2,6-7,11-12,19H,3-5,8-10H2,(H,17,20). The Kier molecular flexibility index (Phi) is 4.20. The number of rotatable bonds is 4. The number of carbonyl (C=O) groups is 1. The normalized spacial score (nSPS) is 22.3. The predicted molar refractivity (Wildman–Crippen MR) is 78.7 cm³/mol. The topological polar surface area (TPSA) is 75.4 Å². The molecule has 5 nitrogen and oxygen atoms in total. The zero-order chi connectivity index (χ0) is 14.7. The van der Waals surface area contributed by atoms with Gasteiger partial charge >= 0.3 is 0 Å². The molecule has 1 aromatic carbocycles. The maximum absolute atomic E-state index is 12.0. The molecular weight excluding hydrogens is 268 g/mol. The minimum absolute atomic E-state index is 0.0471. The van der Waals surface area contributed by atoms with Crippen LogP contribution in [-0.4, -0.2) is 28.8 Å². The molecule has 0 bridgehead atoms. The molecule has 2 atom stereocenters. The largest absolute Gasteiger partial charge is 0.393 e. The molecule has 2 unspecified atom stereocenters. The molecule has 2 N–H and O–H groups in total. The van der Waals surface area contributed by atoms with Crippen molar-refractivity contribution in [3.63, 3.8) is 0 Å². The van der Waals surface area contributed by atoms with Crippen molar-refractivity contribution in [1.29, 1.82) is 0 Å². The van der Waals surface area contributed by atoms with Gasteiger partial charge in [0.15, 0.2) is 5.58 Å². The van der Waals surface area contributed by atoms with Gasteiger partial charge in [-0.1, -0.05) is 23.7 Å². The molecule has 1 heterocycles. The van der Waals surface area contributed by atoms with E-state index >= 15 is 0 Å². The van der Waals surface area contributed by atoms with E-state index in [1.165, 1.54) is 0 Å². The number of nitrogens with one attached hydrogen (secondary N) is 1. The molecule has 3 rings (SSSR count). The lowest BCUT2D eigenvalue weighted by Crippen LogP contribution is -2.33. The number of fused-ring (bicyclic) bond motifs is 1. The summed E-state index contributed by atoms with van der Waals surface area (Å²) in [5.41, 5.74) is 1.38. The Bertz CT molecular complexity index is 623. The fourth-order valence-corrected chi connectivity index (χ4v) is 2.99. The third-order valence-corrected chi connectivity index (χ3v) is 4.12. The quantitative estimate of drug-likeness (QED) is 0.902. The number of nitrogens with zero attached hydrogens (tertiary/aromatic N) is 1. The number of carbonyl (C=O) groups excluding carboxylic acids is 1. The second-order valence-electron chi connectivity index (χ2n) is 5.79. The summed E-state index contributed by atoms with van der Waals surface area (Å²) >= 11 is 0. The number of aliphatic hydroxyl groups is 1. The molecule has 2 aromatic rings. The van der Waals surface area contributed by atoms with Crippen LogP contribution in [0.3, 0.4) is 0 Å². The summed E-state index contributed by atoms with van der Waals surface area (Å²) in [6.07, 6.45) is 3.80. The number of hydrogen-bond donors (Lipinski definition) is 2. The fourth-order valence-electron chi connectivity index (χ4n) is 2.99. The van der Waals surface area contributed by atoms with E-state index in [4.69, 9.17) is 4.52 Å². The lowest BCUT2D eigenvalue weighted by atomic mass is 9.87. The van der Waals surface area contributed by atoms with E-state index in [-0.39, 0.29) is 18.4 Å². The summed E-state index contributed by atoms with van der Waals surface area (Å²) in [7, 11) is 0. The van der Waals surface area contributed by atoms with Crippen LogP contribution < -0.4 is 5.32 Å². The molecule has 0 radical (unpaired) electrons. The second-order valence-corrected chi connectivity index (χ2v) is 5.79. The number of aromatic nitrogens is 1. The van der Waals surface area contributed by atoms with Gasteiger partial charge in [-0.3, -0.25) is 4.79 Å².